The third-order valence-electron chi connectivity index (χ3n) is 0. The average molecular weight is 203 g/mol. The third-order valence-corrected chi connectivity index (χ3v) is 0. The maximum absolute atomic E-state index is 8.55. The van der Waals surface area contributed by atoms with Crippen molar-refractivity contribution >= 4 is 7.82 Å². The molecule has 0 heterocycles. The van der Waals surface area contributed by atoms with Crippen LogP contribution in [0, 0.1) is 0 Å². The molecule has 0 bridgehead atoms. The van der Waals surface area contributed by atoms with Gasteiger partial charge in [-0.05, 0) is 13.8 Å². The molecule has 0 aromatic heterocycles. The second kappa shape index (κ2) is 7.89. The minimum Gasteiger partial charge on any atom is -0.822 e. The number of rotatable bonds is 0. The Morgan fingerprint density at radius 1 is 1.30 bits per heavy atom. The van der Waals surface area contributed by atoms with Gasteiger partial charge in [0.15, 0.2) is 0 Å². The van der Waals surface area contributed by atoms with E-state index in [4.69, 9.17) is 24.4 Å². The summed E-state index contributed by atoms with van der Waals surface area (Å²) in [6.07, 6.45) is -0.167. The van der Waals surface area contributed by atoms with Gasteiger partial charge in [-0.1, -0.05) is 0 Å². The summed E-state index contributed by atoms with van der Waals surface area (Å²) in [6, 6.07) is 0. The van der Waals surface area contributed by atoms with E-state index in [0.717, 1.165) is 0 Å². The van der Waals surface area contributed by atoms with E-state index in [1.54, 1.807) is 13.8 Å². The third kappa shape index (κ3) is 865. The summed E-state index contributed by atoms with van der Waals surface area (Å²) in [4.78, 5) is 25.6. The van der Waals surface area contributed by atoms with Crippen LogP contribution in [0.15, 0.2) is 0 Å². The molecule has 1 N–H and O–H groups in total. The van der Waals surface area contributed by atoms with Crippen molar-refractivity contribution in [3.8, 4) is 0 Å². The van der Waals surface area contributed by atoms with Crippen molar-refractivity contribution in [3.63, 3.8) is 0 Å². The molecule has 0 fully saturated rings. The predicted molar refractivity (Wildman–Crippen MR) is 25.0 cm³/mol. The monoisotopic (exact) mass is 203 g/mol. The first-order valence-electron chi connectivity index (χ1n) is 2.14. The Bertz CT molecular complexity index is 88.0. The molecule has 0 saturated carbocycles. The normalized spacial score (nSPS) is 9.50. The minimum absolute atomic E-state index is 0. The van der Waals surface area contributed by atoms with E-state index in [9.17, 15) is 0 Å². The summed E-state index contributed by atoms with van der Waals surface area (Å²) in [5.41, 5.74) is 0. The van der Waals surface area contributed by atoms with Crippen molar-refractivity contribution in [2.45, 2.75) is 20.0 Å². The van der Waals surface area contributed by atoms with Gasteiger partial charge in [0.05, 0.1) is 0 Å². The van der Waals surface area contributed by atoms with Crippen LogP contribution < -0.4 is 14.7 Å². The molecule has 0 saturated heterocycles. The molecule has 0 rings (SSSR count). The first-order chi connectivity index (χ1) is 3.73. The summed E-state index contributed by atoms with van der Waals surface area (Å²) in [5.74, 6) is 0. The van der Waals surface area contributed by atoms with Crippen molar-refractivity contribution in [1.82, 2.24) is 0 Å². The van der Waals surface area contributed by atoms with Crippen LogP contribution in [0.1, 0.15) is 13.8 Å². The van der Waals surface area contributed by atoms with Gasteiger partial charge in [0.25, 0.3) is 0 Å². The zero-order valence-electron chi connectivity index (χ0n) is 5.60. The molecule has 0 aromatic rings. The zero-order valence-corrected chi connectivity index (χ0v) is 8.06. The van der Waals surface area contributed by atoms with Gasteiger partial charge < -0.3 is 24.4 Å². The maximum Gasteiger partial charge on any atom is 3.00 e. The van der Waals surface area contributed by atoms with Crippen molar-refractivity contribution in [3.05, 3.63) is 0 Å². The SMILES string of the molecule is CC(C)O.O=P([O-])([O-])[O-].[Ti+3]. The first kappa shape index (κ1) is 17.0. The molecule has 0 aliphatic rings. The fraction of sp³-hybridized carbons (Fsp3) is 1.00. The Hall–Kier alpha value is 0.784. The Kier molecular flexibility index (Phi) is 13.4. The Balaban J connectivity index is -0.0000000910. The molecule has 0 unspecified atom stereocenters. The Labute approximate surface area is 74.2 Å². The smallest absolute Gasteiger partial charge is 0.822 e. The van der Waals surface area contributed by atoms with Crippen LogP contribution in [0.3, 0.4) is 0 Å². The molecule has 10 heavy (non-hydrogen) atoms. The van der Waals surface area contributed by atoms with Crippen LogP contribution in [0.25, 0.3) is 0 Å². The van der Waals surface area contributed by atoms with Crippen LogP contribution in [-0.4, -0.2) is 11.2 Å². The number of hydrogen-bond acceptors (Lipinski definition) is 5. The van der Waals surface area contributed by atoms with E-state index in [0.29, 0.717) is 0 Å². The molecule has 0 atom stereocenters. The van der Waals surface area contributed by atoms with Crippen molar-refractivity contribution in [2.75, 3.05) is 0 Å². The van der Waals surface area contributed by atoms with Crippen molar-refractivity contribution < 1.29 is 46.1 Å². The van der Waals surface area contributed by atoms with Gasteiger partial charge in [-0.25, -0.2) is 0 Å². The van der Waals surface area contributed by atoms with Gasteiger partial charge >= 0.3 is 21.7 Å². The number of hydrogen-bond donors (Lipinski definition) is 1. The number of aliphatic hydroxyl groups excluding tert-OH is 1. The molecule has 0 aliphatic heterocycles. The molecule has 5 nitrogen and oxygen atoms in total. The van der Waals surface area contributed by atoms with Crippen LogP contribution in [-0.2, 0) is 26.3 Å². The fourth-order valence-corrected chi connectivity index (χ4v) is 0. The second-order valence-corrected chi connectivity index (χ2v) is 2.44. The van der Waals surface area contributed by atoms with E-state index in [1.807, 2.05) is 0 Å². The summed E-state index contributed by atoms with van der Waals surface area (Å²) in [5, 5.41) is 8.06. The van der Waals surface area contributed by atoms with Gasteiger partial charge in [0.2, 0.25) is 0 Å². The molecular formula is C3H8O5PTi. The van der Waals surface area contributed by atoms with Crippen LogP contribution in [0.4, 0.5) is 0 Å². The molecule has 7 heteroatoms. The first-order valence-corrected chi connectivity index (χ1v) is 3.60. The van der Waals surface area contributed by atoms with E-state index in [1.165, 1.54) is 0 Å². The van der Waals surface area contributed by atoms with Gasteiger partial charge in [0.1, 0.15) is 0 Å². The van der Waals surface area contributed by atoms with Crippen molar-refractivity contribution in [1.29, 1.82) is 0 Å². The Morgan fingerprint density at radius 2 is 1.30 bits per heavy atom. The standard InChI is InChI=1S/C3H8O.H3O4P.Ti/c1-3(2)4;1-5(2,3)4;/h3-4H,1-2H3;(H3,1,2,3,4);/q;;+3/p-3. The van der Waals surface area contributed by atoms with Gasteiger partial charge in [-0.2, -0.15) is 7.82 Å². The van der Waals surface area contributed by atoms with Gasteiger partial charge in [-0.15, -0.1) is 0 Å². The summed E-state index contributed by atoms with van der Waals surface area (Å²) >= 11 is 0. The molecule has 0 amide bonds. The summed E-state index contributed by atoms with van der Waals surface area (Å²) in [6.45, 7) is 3.44. The second-order valence-electron chi connectivity index (χ2n) is 1.54. The topological polar surface area (TPSA) is 106 Å². The number of aliphatic hydroxyl groups is 1. The van der Waals surface area contributed by atoms with Gasteiger partial charge in [0, 0.05) is 6.10 Å². The van der Waals surface area contributed by atoms with Crippen molar-refractivity contribution in [2.24, 2.45) is 0 Å². The zero-order chi connectivity index (χ0) is 8.08. The van der Waals surface area contributed by atoms with Crippen LogP contribution >= 0.6 is 7.82 Å². The molecule has 1 radical (unpaired) electrons. The largest absolute Gasteiger partial charge is 3.00 e. The maximum atomic E-state index is 8.55. The molecule has 0 aromatic carbocycles. The molecule has 0 spiro atoms. The van der Waals surface area contributed by atoms with E-state index in [-0.39, 0.29) is 27.8 Å². The van der Waals surface area contributed by atoms with Crippen LogP contribution in [0.5, 0.6) is 0 Å². The van der Waals surface area contributed by atoms with Gasteiger partial charge in [-0.3, -0.25) is 0 Å². The van der Waals surface area contributed by atoms with E-state index < -0.39 is 7.82 Å². The minimum atomic E-state index is -5.39. The summed E-state index contributed by atoms with van der Waals surface area (Å²) in [7, 11) is -5.39. The molecular weight excluding hydrogens is 195 g/mol. The molecule has 59 valence electrons. The Morgan fingerprint density at radius 3 is 1.30 bits per heavy atom. The predicted octanol–water partition coefficient (Wildman–Crippen LogP) is -2.44. The molecule has 0 aliphatic carbocycles. The summed E-state index contributed by atoms with van der Waals surface area (Å²) < 4.78 is 8.55. The number of phosphoric acid groups is 1. The van der Waals surface area contributed by atoms with Crippen LogP contribution in [0.2, 0.25) is 0 Å². The van der Waals surface area contributed by atoms with E-state index in [2.05, 4.69) is 0 Å². The average Bonchev–Trinajstić information content (AvgIpc) is 1.19. The quantitative estimate of drug-likeness (QED) is 0.347. The fourth-order valence-electron chi connectivity index (χ4n) is 0. The van der Waals surface area contributed by atoms with E-state index >= 15 is 0 Å².